The van der Waals surface area contributed by atoms with Crippen LogP contribution in [-0.4, -0.2) is 11.1 Å². The third-order valence-corrected chi connectivity index (χ3v) is 2.08. The van der Waals surface area contributed by atoms with Gasteiger partial charge in [-0.3, -0.25) is 4.79 Å². The van der Waals surface area contributed by atoms with Gasteiger partial charge in [0.25, 0.3) is 0 Å². The highest BCUT2D eigenvalue weighted by Gasteiger charge is 2.29. The molecule has 0 spiro atoms. The van der Waals surface area contributed by atoms with Crippen LogP contribution in [0, 0.1) is 5.82 Å². The van der Waals surface area contributed by atoms with Crippen LogP contribution in [0.1, 0.15) is 19.4 Å². The molecule has 13 heavy (non-hydrogen) atoms. The van der Waals surface area contributed by atoms with E-state index in [2.05, 4.69) is 0 Å². The first kappa shape index (κ1) is 9.71. The molecule has 0 saturated heterocycles. The zero-order chi connectivity index (χ0) is 10.1. The lowest BCUT2D eigenvalue weighted by molar-refractivity contribution is -0.142. The molecule has 0 aliphatic carbocycles. The van der Waals surface area contributed by atoms with E-state index in [1.54, 1.807) is 19.9 Å². The monoisotopic (exact) mass is 182 g/mol. The maximum Gasteiger partial charge on any atom is 0.313 e. The maximum absolute atomic E-state index is 12.8. The van der Waals surface area contributed by atoms with Gasteiger partial charge in [-0.05, 0) is 31.5 Å². The molecule has 0 aliphatic rings. The molecular weight excluding hydrogens is 171 g/mol. The highest BCUT2D eigenvalue weighted by Crippen LogP contribution is 2.23. The van der Waals surface area contributed by atoms with Crippen molar-refractivity contribution in [1.82, 2.24) is 0 Å². The SMILES string of the molecule is CC(C)(C(=O)O)c1cccc(F)c1. The number of halogens is 1. The Balaban J connectivity index is 3.14. The topological polar surface area (TPSA) is 37.3 Å². The third kappa shape index (κ3) is 1.86. The second-order valence-electron chi connectivity index (χ2n) is 3.44. The van der Waals surface area contributed by atoms with Crippen molar-refractivity contribution in [3.05, 3.63) is 35.6 Å². The highest BCUT2D eigenvalue weighted by atomic mass is 19.1. The molecule has 1 aromatic carbocycles. The quantitative estimate of drug-likeness (QED) is 0.761. The largest absolute Gasteiger partial charge is 0.481 e. The van der Waals surface area contributed by atoms with Crippen molar-refractivity contribution in [2.75, 3.05) is 0 Å². The van der Waals surface area contributed by atoms with E-state index < -0.39 is 17.2 Å². The fourth-order valence-electron chi connectivity index (χ4n) is 1.00. The zero-order valence-electron chi connectivity index (χ0n) is 7.54. The van der Waals surface area contributed by atoms with E-state index in [9.17, 15) is 9.18 Å². The standard InChI is InChI=1S/C10H11FO2/c1-10(2,9(12)13)7-4-3-5-8(11)6-7/h3-6H,1-2H3,(H,12,13). The predicted molar refractivity (Wildman–Crippen MR) is 47.1 cm³/mol. The summed E-state index contributed by atoms with van der Waals surface area (Å²) in [4.78, 5) is 10.8. The van der Waals surface area contributed by atoms with Crippen LogP contribution < -0.4 is 0 Å². The number of carboxylic acids is 1. The Morgan fingerprint density at radius 3 is 2.54 bits per heavy atom. The first-order chi connectivity index (χ1) is 5.94. The van der Waals surface area contributed by atoms with Gasteiger partial charge < -0.3 is 5.11 Å². The molecule has 0 aliphatic heterocycles. The Kier molecular flexibility index (Phi) is 2.36. The summed E-state index contributed by atoms with van der Waals surface area (Å²) in [6, 6.07) is 5.65. The van der Waals surface area contributed by atoms with E-state index in [0.717, 1.165) is 0 Å². The summed E-state index contributed by atoms with van der Waals surface area (Å²) < 4.78 is 12.8. The molecule has 0 fully saturated rings. The minimum absolute atomic E-state index is 0.410. The third-order valence-electron chi connectivity index (χ3n) is 2.08. The van der Waals surface area contributed by atoms with Crippen molar-refractivity contribution in [3.8, 4) is 0 Å². The summed E-state index contributed by atoms with van der Waals surface area (Å²) in [7, 11) is 0. The molecule has 70 valence electrons. The molecule has 0 bridgehead atoms. The van der Waals surface area contributed by atoms with Crippen molar-refractivity contribution in [1.29, 1.82) is 0 Å². The van der Waals surface area contributed by atoms with Crippen molar-refractivity contribution >= 4 is 5.97 Å². The van der Waals surface area contributed by atoms with Crippen LogP contribution >= 0.6 is 0 Å². The van der Waals surface area contributed by atoms with E-state index in [4.69, 9.17) is 5.11 Å². The van der Waals surface area contributed by atoms with Gasteiger partial charge in [0.2, 0.25) is 0 Å². The Morgan fingerprint density at radius 2 is 2.08 bits per heavy atom. The summed E-state index contributed by atoms with van der Waals surface area (Å²) >= 11 is 0. The fourth-order valence-corrected chi connectivity index (χ4v) is 1.00. The lowest BCUT2D eigenvalue weighted by atomic mass is 9.85. The number of hydrogen-bond donors (Lipinski definition) is 1. The summed E-state index contributed by atoms with van der Waals surface area (Å²) in [6.07, 6.45) is 0. The van der Waals surface area contributed by atoms with Crippen molar-refractivity contribution in [3.63, 3.8) is 0 Å². The molecule has 0 atom stereocenters. The summed E-state index contributed by atoms with van der Waals surface area (Å²) in [5.41, 5.74) is -0.567. The minimum Gasteiger partial charge on any atom is -0.481 e. The van der Waals surface area contributed by atoms with E-state index >= 15 is 0 Å². The van der Waals surface area contributed by atoms with Crippen LogP contribution in [0.5, 0.6) is 0 Å². The number of carbonyl (C=O) groups is 1. The lowest BCUT2D eigenvalue weighted by Gasteiger charge is -2.19. The molecule has 3 heteroatoms. The second kappa shape index (κ2) is 3.17. The first-order valence-electron chi connectivity index (χ1n) is 3.94. The van der Waals surface area contributed by atoms with E-state index in [0.29, 0.717) is 5.56 Å². The van der Waals surface area contributed by atoms with Gasteiger partial charge in [0.05, 0.1) is 5.41 Å². The van der Waals surface area contributed by atoms with Crippen molar-refractivity contribution in [2.24, 2.45) is 0 Å². The van der Waals surface area contributed by atoms with Gasteiger partial charge in [0, 0.05) is 0 Å². The summed E-state index contributed by atoms with van der Waals surface area (Å²) in [6.45, 7) is 3.09. The van der Waals surface area contributed by atoms with E-state index in [1.165, 1.54) is 18.2 Å². The number of rotatable bonds is 2. The maximum atomic E-state index is 12.8. The van der Waals surface area contributed by atoms with Gasteiger partial charge >= 0.3 is 5.97 Å². The van der Waals surface area contributed by atoms with E-state index in [-0.39, 0.29) is 0 Å². The molecule has 0 amide bonds. The summed E-state index contributed by atoms with van der Waals surface area (Å²) in [5, 5.41) is 8.86. The molecule has 0 saturated carbocycles. The first-order valence-corrected chi connectivity index (χ1v) is 3.94. The highest BCUT2D eigenvalue weighted by molar-refractivity contribution is 5.80. The molecule has 2 nitrogen and oxygen atoms in total. The van der Waals surface area contributed by atoms with Crippen molar-refractivity contribution in [2.45, 2.75) is 19.3 Å². The van der Waals surface area contributed by atoms with E-state index in [1.807, 2.05) is 0 Å². The Morgan fingerprint density at radius 1 is 1.46 bits per heavy atom. The van der Waals surface area contributed by atoms with Gasteiger partial charge in [-0.1, -0.05) is 12.1 Å². The molecule has 0 aromatic heterocycles. The van der Waals surface area contributed by atoms with Crippen molar-refractivity contribution < 1.29 is 14.3 Å². The average molecular weight is 182 g/mol. The van der Waals surface area contributed by atoms with Gasteiger partial charge in [-0.25, -0.2) is 4.39 Å². The molecule has 0 heterocycles. The van der Waals surface area contributed by atoms with Crippen LogP contribution in [-0.2, 0) is 10.2 Å². The fraction of sp³-hybridized carbons (Fsp3) is 0.300. The van der Waals surface area contributed by atoms with Crippen LogP contribution in [0.4, 0.5) is 4.39 Å². The van der Waals surface area contributed by atoms with Crippen LogP contribution in [0.3, 0.4) is 0 Å². The van der Waals surface area contributed by atoms with Crippen LogP contribution in [0.15, 0.2) is 24.3 Å². The van der Waals surface area contributed by atoms with Gasteiger partial charge in [-0.15, -0.1) is 0 Å². The average Bonchev–Trinajstić information content (AvgIpc) is 2.04. The number of hydrogen-bond acceptors (Lipinski definition) is 1. The molecule has 0 unspecified atom stereocenters. The van der Waals surface area contributed by atoms with Gasteiger partial charge in [-0.2, -0.15) is 0 Å². The summed E-state index contributed by atoms with van der Waals surface area (Å²) in [5.74, 6) is -1.37. The normalized spacial score (nSPS) is 11.3. The molecule has 1 aromatic rings. The zero-order valence-corrected chi connectivity index (χ0v) is 7.54. The van der Waals surface area contributed by atoms with Gasteiger partial charge in [0.1, 0.15) is 5.82 Å². The van der Waals surface area contributed by atoms with Crippen LogP contribution in [0.25, 0.3) is 0 Å². The molecule has 1 rings (SSSR count). The molecule has 0 radical (unpaired) electrons. The predicted octanol–water partition coefficient (Wildman–Crippen LogP) is 2.19. The lowest BCUT2D eigenvalue weighted by Crippen LogP contribution is -2.28. The molecular formula is C10H11FO2. The minimum atomic E-state index is -1.04. The van der Waals surface area contributed by atoms with Gasteiger partial charge in [0.15, 0.2) is 0 Å². The number of carboxylic acid groups (broad SMARTS) is 1. The smallest absolute Gasteiger partial charge is 0.313 e. The number of benzene rings is 1. The second-order valence-corrected chi connectivity index (χ2v) is 3.44. The molecule has 1 N–H and O–H groups in total. The Bertz CT molecular complexity index is 331. The Hall–Kier alpha value is -1.38. The Labute approximate surface area is 76.0 Å². The van der Waals surface area contributed by atoms with Crippen LogP contribution in [0.2, 0.25) is 0 Å². The number of aliphatic carboxylic acids is 1.